The SMILES string of the molecule is C[C@@H](NC(=O)CN1Cc2c(ccc(F)c2F)NC1=O)c1ccc(C#N)cc1F. The topological polar surface area (TPSA) is 85.2 Å². The molecule has 0 saturated heterocycles. The third-order valence-corrected chi connectivity index (χ3v) is 4.38. The van der Waals surface area contributed by atoms with Crippen molar-refractivity contribution in [3.8, 4) is 6.07 Å². The van der Waals surface area contributed by atoms with Crippen molar-refractivity contribution in [1.29, 1.82) is 5.26 Å². The van der Waals surface area contributed by atoms with Crippen LogP contribution in [0.1, 0.15) is 29.7 Å². The van der Waals surface area contributed by atoms with Gasteiger partial charge in [-0.1, -0.05) is 6.07 Å². The van der Waals surface area contributed by atoms with E-state index in [1.165, 1.54) is 18.2 Å². The van der Waals surface area contributed by atoms with Gasteiger partial charge in [0.2, 0.25) is 5.91 Å². The predicted molar refractivity (Wildman–Crippen MR) is 93.5 cm³/mol. The van der Waals surface area contributed by atoms with Crippen molar-refractivity contribution in [2.45, 2.75) is 19.5 Å². The summed E-state index contributed by atoms with van der Waals surface area (Å²) in [5, 5.41) is 13.7. The van der Waals surface area contributed by atoms with E-state index in [9.17, 15) is 22.8 Å². The third kappa shape index (κ3) is 3.76. The number of hydrogen-bond acceptors (Lipinski definition) is 3. The summed E-state index contributed by atoms with van der Waals surface area (Å²) >= 11 is 0. The summed E-state index contributed by atoms with van der Waals surface area (Å²) in [5.41, 5.74) is 0.416. The molecule has 2 N–H and O–H groups in total. The molecule has 9 heteroatoms. The minimum Gasteiger partial charge on any atom is -0.348 e. The number of nitrogens with one attached hydrogen (secondary N) is 2. The van der Waals surface area contributed by atoms with Gasteiger partial charge >= 0.3 is 6.03 Å². The van der Waals surface area contributed by atoms with Gasteiger partial charge in [-0.3, -0.25) is 4.79 Å². The Hall–Kier alpha value is -3.54. The maximum Gasteiger partial charge on any atom is 0.322 e. The molecular weight excluding hydrogens is 373 g/mol. The lowest BCUT2D eigenvalue weighted by Gasteiger charge is -2.29. The molecule has 2 aromatic rings. The molecule has 0 aromatic heterocycles. The minimum atomic E-state index is -1.09. The van der Waals surface area contributed by atoms with Crippen LogP contribution < -0.4 is 10.6 Å². The van der Waals surface area contributed by atoms with Gasteiger partial charge in [0.25, 0.3) is 0 Å². The lowest BCUT2D eigenvalue weighted by atomic mass is 10.1. The fourth-order valence-electron chi connectivity index (χ4n) is 2.94. The van der Waals surface area contributed by atoms with E-state index in [0.717, 1.165) is 17.0 Å². The molecule has 2 aromatic carbocycles. The van der Waals surface area contributed by atoms with Gasteiger partial charge in [-0.15, -0.1) is 0 Å². The molecule has 1 aliphatic rings. The first-order valence-electron chi connectivity index (χ1n) is 8.32. The van der Waals surface area contributed by atoms with E-state index < -0.39 is 42.0 Å². The second kappa shape index (κ2) is 7.60. The van der Waals surface area contributed by atoms with Gasteiger partial charge in [-0.05, 0) is 31.2 Å². The molecule has 3 rings (SSSR count). The van der Waals surface area contributed by atoms with Gasteiger partial charge in [0.05, 0.1) is 29.9 Å². The Morgan fingerprint density at radius 1 is 1.29 bits per heavy atom. The van der Waals surface area contributed by atoms with E-state index >= 15 is 0 Å². The zero-order chi connectivity index (χ0) is 20.4. The first-order valence-corrected chi connectivity index (χ1v) is 8.32. The molecule has 1 atom stereocenters. The first-order chi connectivity index (χ1) is 13.3. The van der Waals surface area contributed by atoms with Gasteiger partial charge in [0, 0.05) is 11.1 Å². The molecule has 0 saturated carbocycles. The van der Waals surface area contributed by atoms with E-state index in [2.05, 4.69) is 10.6 Å². The van der Waals surface area contributed by atoms with Crippen LogP contribution in [0.3, 0.4) is 0 Å². The first kappa shape index (κ1) is 19.2. The number of rotatable bonds is 4. The van der Waals surface area contributed by atoms with Gasteiger partial charge in [0.15, 0.2) is 11.6 Å². The number of amides is 3. The zero-order valence-electron chi connectivity index (χ0n) is 14.7. The molecule has 0 spiro atoms. The normalized spacial score (nSPS) is 14.0. The molecule has 0 unspecified atom stereocenters. The smallest absolute Gasteiger partial charge is 0.322 e. The molecule has 6 nitrogen and oxygen atoms in total. The van der Waals surface area contributed by atoms with Crippen LogP contribution in [-0.2, 0) is 11.3 Å². The van der Waals surface area contributed by atoms with Crippen molar-refractivity contribution in [3.63, 3.8) is 0 Å². The largest absolute Gasteiger partial charge is 0.348 e. The summed E-state index contributed by atoms with van der Waals surface area (Å²) < 4.78 is 41.4. The van der Waals surface area contributed by atoms with Gasteiger partial charge in [-0.2, -0.15) is 5.26 Å². The number of anilines is 1. The Kier molecular flexibility index (Phi) is 5.22. The van der Waals surface area contributed by atoms with Crippen LogP contribution in [0.25, 0.3) is 0 Å². The highest BCUT2D eigenvalue weighted by atomic mass is 19.2. The average molecular weight is 388 g/mol. The van der Waals surface area contributed by atoms with E-state index in [-0.39, 0.29) is 28.9 Å². The summed E-state index contributed by atoms with van der Waals surface area (Å²) in [7, 11) is 0. The third-order valence-electron chi connectivity index (χ3n) is 4.38. The van der Waals surface area contributed by atoms with Gasteiger partial charge < -0.3 is 15.5 Å². The van der Waals surface area contributed by atoms with Crippen molar-refractivity contribution < 1.29 is 22.8 Å². The summed E-state index contributed by atoms with van der Waals surface area (Å²) in [6, 6.07) is 6.48. The highest BCUT2D eigenvalue weighted by Gasteiger charge is 2.28. The fraction of sp³-hybridized carbons (Fsp3) is 0.211. The average Bonchev–Trinajstić information content (AvgIpc) is 2.65. The molecule has 1 heterocycles. The predicted octanol–water partition coefficient (Wildman–Crippen LogP) is 3.20. The summed E-state index contributed by atoms with van der Waals surface area (Å²) in [4.78, 5) is 25.4. The van der Waals surface area contributed by atoms with Crippen LogP contribution in [0.5, 0.6) is 0 Å². The van der Waals surface area contributed by atoms with Crippen LogP contribution >= 0.6 is 0 Å². The van der Waals surface area contributed by atoms with Gasteiger partial charge in [0.1, 0.15) is 12.4 Å². The molecule has 28 heavy (non-hydrogen) atoms. The number of nitriles is 1. The highest BCUT2D eigenvalue weighted by Crippen LogP contribution is 2.27. The van der Waals surface area contributed by atoms with Crippen molar-refractivity contribution >= 4 is 17.6 Å². The molecule has 1 aliphatic heterocycles. The Morgan fingerprint density at radius 2 is 2.04 bits per heavy atom. The van der Waals surface area contributed by atoms with Crippen LogP contribution in [0.2, 0.25) is 0 Å². The van der Waals surface area contributed by atoms with Crippen molar-refractivity contribution in [2.24, 2.45) is 0 Å². The molecule has 0 aliphatic carbocycles. The van der Waals surface area contributed by atoms with Gasteiger partial charge in [-0.25, -0.2) is 18.0 Å². The Bertz CT molecular complexity index is 1000. The van der Waals surface area contributed by atoms with Crippen LogP contribution in [0.15, 0.2) is 30.3 Å². The lowest BCUT2D eigenvalue weighted by molar-refractivity contribution is -0.122. The number of carbonyl (C=O) groups is 2. The summed E-state index contributed by atoms with van der Waals surface area (Å²) in [6.07, 6.45) is 0. The monoisotopic (exact) mass is 388 g/mol. The number of carbonyl (C=O) groups excluding carboxylic acids is 2. The van der Waals surface area contributed by atoms with Crippen molar-refractivity contribution in [1.82, 2.24) is 10.2 Å². The van der Waals surface area contributed by atoms with E-state index in [4.69, 9.17) is 5.26 Å². The molecule has 0 bridgehead atoms. The number of halogens is 3. The Balaban J connectivity index is 1.68. The molecule has 144 valence electrons. The number of benzene rings is 2. The maximum absolute atomic E-state index is 14.1. The van der Waals surface area contributed by atoms with Crippen LogP contribution in [-0.4, -0.2) is 23.4 Å². The minimum absolute atomic E-state index is 0.0569. The lowest BCUT2D eigenvalue weighted by Crippen LogP contribution is -2.45. The maximum atomic E-state index is 14.1. The standard InChI is InChI=1S/C19H15F3N4O2/c1-10(12-3-2-11(7-23)6-15(12)21)24-17(27)9-26-8-13-16(25-19(26)28)5-4-14(20)18(13)22/h2-6,10H,8-9H2,1H3,(H,24,27)(H,25,28)/t10-/m1/s1. The Morgan fingerprint density at radius 3 is 2.71 bits per heavy atom. The number of urea groups is 1. The second-order valence-corrected chi connectivity index (χ2v) is 6.31. The van der Waals surface area contributed by atoms with Crippen LogP contribution in [0.4, 0.5) is 23.7 Å². The molecular formula is C19H15F3N4O2. The molecule has 0 fully saturated rings. The molecule has 0 radical (unpaired) electrons. The summed E-state index contributed by atoms with van der Waals surface area (Å²) in [5.74, 6) is -3.39. The number of hydrogen-bond donors (Lipinski definition) is 2. The van der Waals surface area contributed by atoms with E-state index in [0.29, 0.717) is 0 Å². The molecule has 3 amide bonds. The van der Waals surface area contributed by atoms with Crippen molar-refractivity contribution in [2.75, 3.05) is 11.9 Å². The summed E-state index contributed by atoms with van der Waals surface area (Å²) in [6.45, 7) is 0.838. The van der Waals surface area contributed by atoms with E-state index in [1.807, 2.05) is 6.07 Å². The number of fused-ring (bicyclic) bond motifs is 1. The van der Waals surface area contributed by atoms with E-state index in [1.54, 1.807) is 6.92 Å². The Labute approximate surface area is 158 Å². The quantitative estimate of drug-likeness (QED) is 0.844. The second-order valence-electron chi connectivity index (χ2n) is 6.31. The number of nitrogens with zero attached hydrogens (tertiary/aromatic N) is 2. The fourth-order valence-corrected chi connectivity index (χ4v) is 2.94. The van der Waals surface area contributed by atoms with Crippen molar-refractivity contribution in [3.05, 3.63) is 64.5 Å². The van der Waals surface area contributed by atoms with Crippen LogP contribution in [0, 0.1) is 28.8 Å². The zero-order valence-corrected chi connectivity index (χ0v) is 14.7. The highest BCUT2D eigenvalue weighted by molar-refractivity contribution is 5.94.